The van der Waals surface area contributed by atoms with Crippen LogP contribution in [0.3, 0.4) is 0 Å². The van der Waals surface area contributed by atoms with E-state index in [4.69, 9.17) is 5.11 Å². The van der Waals surface area contributed by atoms with Crippen LogP contribution in [0.15, 0.2) is 0 Å². The van der Waals surface area contributed by atoms with Crippen molar-refractivity contribution < 1.29 is 5.11 Å². The molecule has 0 aliphatic heterocycles. The van der Waals surface area contributed by atoms with Gasteiger partial charge in [0.15, 0.2) is 0 Å². The van der Waals surface area contributed by atoms with Gasteiger partial charge in [0.2, 0.25) is 0 Å². The van der Waals surface area contributed by atoms with Gasteiger partial charge in [0.1, 0.15) is 0 Å². The highest BCUT2D eigenvalue weighted by Crippen LogP contribution is 2.03. The summed E-state index contributed by atoms with van der Waals surface area (Å²) in [5, 5.41) is 8.49. The molecule has 0 saturated heterocycles. The summed E-state index contributed by atoms with van der Waals surface area (Å²) in [7, 11) is 0. The Morgan fingerprint density at radius 2 is 2.29 bits per heavy atom. The molecule has 0 bridgehead atoms. The monoisotopic (exact) mass is 101 g/mol. The van der Waals surface area contributed by atoms with E-state index in [1.54, 1.807) is 0 Å². The Hall–Kier alpha value is -0.0400. The van der Waals surface area contributed by atoms with Gasteiger partial charge in [-0.15, -0.1) is 0 Å². The first-order valence-electron chi connectivity index (χ1n) is 2.75. The Kier molecular flexibility index (Phi) is 4.10. The van der Waals surface area contributed by atoms with Gasteiger partial charge in [-0.2, -0.15) is 0 Å². The van der Waals surface area contributed by atoms with Crippen LogP contribution < -0.4 is 0 Å². The molecule has 0 aliphatic rings. The molecule has 0 spiro atoms. The first-order valence-corrected chi connectivity index (χ1v) is 2.75. The highest BCUT2D eigenvalue weighted by Gasteiger charge is 1.97. The molecular formula is C6H13O. The molecule has 43 valence electrons. The first kappa shape index (κ1) is 6.96. The topological polar surface area (TPSA) is 20.2 Å². The molecule has 1 atom stereocenters. The van der Waals surface area contributed by atoms with Crippen LogP contribution in [0.1, 0.15) is 19.8 Å². The zero-order valence-electron chi connectivity index (χ0n) is 4.85. The van der Waals surface area contributed by atoms with Gasteiger partial charge < -0.3 is 5.11 Å². The predicted octanol–water partition coefficient (Wildman–Crippen LogP) is 1.23. The fourth-order valence-corrected chi connectivity index (χ4v) is 0.425. The minimum absolute atomic E-state index is 0.292. The van der Waals surface area contributed by atoms with Gasteiger partial charge in [0.05, 0.1) is 0 Å². The van der Waals surface area contributed by atoms with Crippen molar-refractivity contribution in [1.82, 2.24) is 0 Å². The summed E-state index contributed by atoms with van der Waals surface area (Å²) in [6.07, 6.45) is 1.90. The molecule has 1 unspecified atom stereocenters. The van der Waals surface area contributed by atoms with E-state index >= 15 is 0 Å². The van der Waals surface area contributed by atoms with Crippen LogP contribution in [0.2, 0.25) is 0 Å². The molecular weight excluding hydrogens is 88.1 g/mol. The molecule has 1 radical (unpaired) electrons. The Bertz CT molecular complexity index is 25.7. The maximum Gasteiger partial charge on any atom is 0.0459 e. The van der Waals surface area contributed by atoms with Gasteiger partial charge in [0, 0.05) is 6.61 Å². The quantitative estimate of drug-likeness (QED) is 0.567. The normalized spacial score (nSPS) is 10.3. The maximum atomic E-state index is 8.49. The van der Waals surface area contributed by atoms with Gasteiger partial charge in [-0.05, 0) is 12.3 Å². The largest absolute Gasteiger partial charge is 0.396 e. The molecule has 0 aromatic rings. The van der Waals surface area contributed by atoms with E-state index < -0.39 is 0 Å². The van der Waals surface area contributed by atoms with Crippen molar-refractivity contribution in [3.63, 3.8) is 0 Å². The molecule has 1 heteroatoms. The first-order chi connectivity index (χ1) is 3.35. The minimum Gasteiger partial charge on any atom is -0.396 e. The lowest BCUT2D eigenvalue weighted by atomic mass is 10.1. The number of hydrogen-bond donors (Lipinski definition) is 1. The van der Waals surface area contributed by atoms with Gasteiger partial charge in [0.25, 0.3) is 0 Å². The average Bonchev–Trinajstić information content (AvgIpc) is 1.72. The maximum absolute atomic E-state index is 8.49. The fourth-order valence-electron chi connectivity index (χ4n) is 0.425. The Balaban J connectivity index is 2.99. The van der Waals surface area contributed by atoms with E-state index in [2.05, 4.69) is 13.8 Å². The van der Waals surface area contributed by atoms with Crippen LogP contribution in [-0.4, -0.2) is 11.7 Å². The lowest BCUT2D eigenvalue weighted by Gasteiger charge is -2.04. The van der Waals surface area contributed by atoms with Crippen LogP contribution in [0.5, 0.6) is 0 Å². The summed E-state index contributed by atoms with van der Waals surface area (Å²) in [6.45, 7) is 6.02. The summed E-state index contributed by atoms with van der Waals surface area (Å²) < 4.78 is 0. The van der Waals surface area contributed by atoms with Crippen molar-refractivity contribution in [2.75, 3.05) is 6.61 Å². The molecule has 7 heavy (non-hydrogen) atoms. The molecule has 0 saturated carbocycles. The SMILES string of the molecule is [CH2]CC(CC)CO. The summed E-state index contributed by atoms with van der Waals surface area (Å²) in [4.78, 5) is 0. The van der Waals surface area contributed by atoms with E-state index in [0.717, 1.165) is 12.8 Å². The smallest absolute Gasteiger partial charge is 0.0459 e. The van der Waals surface area contributed by atoms with E-state index in [1.807, 2.05) is 0 Å². The molecule has 1 N–H and O–H groups in total. The number of aliphatic hydroxyl groups is 1. The zero-order valence-corrected chi connectivity index (χ0v) is 4.85. The summed E-state index contributed by atoms with van der Waals surface area (Å²) in [6, 6.07) is 0. The van der Waals surface area contributed by atoms with Crippen molar-refractivity contribution >= 4 is 0 Å². The second kappa shape index (κ2) is 4.13. The van der Waals surface area contributed by atoms with E-state index in [0.29, 0.717) is 12.5 Å². The highest BCUT2D eigenvalue weighted by molar-refractivity contribution is 4.54. The van der Waals surface area contributed by atoms with E-state index in [-0.39, 0.29) is 0 Å². The fraction of sp³-hybridized carbons (Fsp3) is 0.833. The van der Waals surface area contributed by atoms with Crippen molar-refractivity contribution in [2.24, 2.45) is 5.92 Å². The van der Waals surface area contributed by atoms with Crippen LogP contribution in [-0.2, 0) is 0 Å². The molecule has 0 amide bonds. The van der Waals surface area contributed by atoms with Gasteiger partial charge >= 0.3 is 0 Å². The third-order valence-corrected chi connectivity index (χ3v) is 1.24. The summed E-state index contributed by atoms with van der Waals surface area (Å²) in [5.41, 5.74) is 0. The molecule has 0 aliphatic carbocycles. The van der Waals surface area contributed by atoms with E-state index in [1.165, 1.54) is 0 Å². The Morgan fingerprint density at radius 3 is 2.29 bits per heavy atom. The molecule has 1 nitrogen and oxygen atoms in total. The van der Waals surface area contributed by atoms with Crippen LogP contribution in [0.4, 0.5) is 0 Å². The molecule has 0 aromatic carbocycles. The number of rotatable bonds is 3. The lowest BCUT2D eigenvalue weighted by molar-refractivity contribution is 0.223. The lowest BCUT2D eigenvalue weighted by Crippen LogP contribution is -2.01. The second-order valence-electron chi connectivity index (χ2n) is 1.75. The second-order valence-corrected chi connectivity index (χ2v) is 1.75. The highest BCUT2D eigenvalue weighted by atomic mass is 16.3. The molecule has 0 aromatic heterocycles. The van der Waals surface area contributed by atoms with Crippen LogP contribution in [0.25, 0.3) is 0 Å². The third kappa shape index (κ3) is 2.63. The van der Waals surface area contributed by atoms with E-state index in [9.17, 15) is 0 Å². The van der Waals surface area contributed by atoms with Crippen molar-refractivity contribution in [3.05, 3.63) is 6.92 Å². The van der Waals surface area contributed by atoms with Gasteiger partial charge in [-0.1, -0.05) is 20.3 Å². The van der Waals surface area contributed by atoms with Crippen molar-refractivity contribution in [2.45, 2.75) is 19.8 Å². The molecule has 0 heterocycles. The number of aliphatic hydroxyl groups excluding tert-OH is 1. The molecule has 0 fully saturated rings. The third-order valence-electron chi connectivity index (χ3n) is 1.24. The standard InChI is InChI=1S/C6H13O/c1-3-6(4-2)5-7/h6-7H,1,3-5H2,2H3. The van der Waals surface area contributed by atoms with Gasteiger partial charge in [-0.3, -0.25) is 0 Å². The predicted molar refractivity (Wildman–Crippen MR) is 30.8 cm³/mol. The Labute approximate surface area is 45.4 Å². The van der Waals surface area contributed by atoms with Crippen molar-refractivity contribution in [3.8, 4) is 0 Å². The summed E-state index contributed by atoms with van der Waals surface area (Å²) in [5.74, 6) is 0.431. The van der Waals surface area contributed by atoms with Crippen LogP contribution >= 0.6 is 0 Å². The summed E-state index contributed by atoms with van der Waals surface area (Å²) >= 11 is 0. The molecule has 0 rings (SSSR count). The zero-order chi connectivity index (χ0) is 5.70. The van der Waals surface area contributed by atoms with Crippen LogP contribution in [0, 0.1) is 12.8 Å². The minimum atomic E-state index is 0.292. The Morgan fingerprint density at radius 1 is 1.71 bits per heavy atom. The average molecular weight is 101 g/mol. The van der Waals surface area contributed by atoms with Gasteiger partial charge in [-0.25, -0.2) is 0 Å². The number of hydrogen-bond acceptors (Lipinski definition) is 1. The van der Waals surface area contributed by atoms with Crippen molar-refractivity contribution in [1.29, 1.82) is 0 Å².